The Morgan fingerprint density at radius 1 is 1.07 bits per heavy atom. The molecule has 0 aliphatic carbocycles. The van der Waals surface area contributed by atoms with E-state index in [1.165, 1.54) is 5.56 Å². The second-order valence-corrected chi connectivity index (χ2v) is 6.94. The average molecular weight is 405 g/mol. The highest BCUT2D eigenvalue weighted by atomic mass is 35.5. The fourth-order valence-corrected chi connectivity index (χ4v) is 3.64. The predicted octanol–water partition coefficient (Wildman–Crippen LogP) is 3.48. The van der Waals surface area contributed by atoms with E-state index in [0.717, 1.165) is 24.6 Å². The van der Waals surface area contributed by atoms with Gasteiger partial charge in [0.05, 0.1) is 13.7 Å². The van der Waals surface area contributed by atoms with E-state index in [0.29, 0.717) is 37.8 Å². The lowest BCUT2D eigenvalue weighted by Gasteiger charge is -2.17. The minimum absolute atomic E-state index is 0. The molecule has 152 valence electrons. The Morgan fingerprint density at radius 3 is 2.39 bits per heavy atom. The third-order valence-corrected chi connectivity index (χ3v) is 5.19. The summed E-state index contributed by atoms with van der Waals surface area (Å²) in [6.07, 6.45) is 1.19. The second-order valence-electron chi connectivity index (χ2n) is 6.94. The number of ether oxygens (including phenoxy) is 2. The molecule has 1 heterocycles. The molecule has 3 rings (SSSR count). The lowest BCUT2D eigenvalue weighted by Crippen LogP contribution is -2.29. The van der Waals surface area contributed by atoms with Crippen LogP contribution in [0.1, 0.15) is 24.3 Å². The summed E-state index contributed by atoms with van der Waals surface area (Å²) < 4.78 is 10.8. The first-order chi connectivity index (χ1) is 13.2. The Balaban J connectivity index is 0.00000280. The van der Waals surface area contributed by atoms with Crippen LogP contribution >= 0.6 is 12.4 Å². The van der Waals surface area contributed by atoms with Crippen molar-refractivity contribution in [2.75, 3.05) is 33.4 Å². The van der Waals surface area contributed by atoms with Gasteiger partial charge in [-0.3, -0.25) is 4.79 Å². The Labute approximate surface area is 173 Å². The summed E-state index contributed by atoms with van der Waals surface area (Å²) in [6.45, 7) is 2.62. The Morgan fingerprint density at radius 2 is 1.75 bits per heavy atom. The minimum atomic E-state index is 0. The van der Waals surface area contributed by atoms with Crippen molar-refractivity contribution in [2.45, 2.75) is 18.8 Å². The van der Waals surface area contributed by atoms with E-state index >= 15 is 0 Å². The van der Waals surface area contributed by atoms with Crippen molar-refractivity contribution in [3.05, 3.63) is 60.2 Å². The number of hydrogen-bond donors (Lipinski definition) is 1. The van der Waals surface area contributed by atoms with Crippen LogP contribution < -0.4 is 15.2 Å². The maximum atomic E-state index is 12.6. The van der Waals surface area contributed by atoms with E-state index in [1.54, 1.807) is 7.11 Å². The Hall–Kier alpha value is -2.24. The van der Waals surface area contributed by atoms with Gasteiger partial charge in [-0.2, -0.15) is 0 Å². The summed E-state index contributed by atoms with van der Waals surface area (Å²) in [4.78, 5) is 14.6. The molecule has 0 saturated carbocycles. The molecule has 1 aliphatic rings. The van der Waals surface area contributed by atoms with Crippen molar-refractivity contribution in [1.29, 1.82) is 0 Å². The van der Waals surface area contributed by atoms with Gasteiger partial charge in [-0.25, -0.2) is 0 Å². The lowest BCUT2D eigenvalue weighted by molar-refractivity contribution is -0.130. The minimum Gasteiger partial charge on any atom is -0.497 e. The third-order valence-electron chi connectivity index (χ3n) is 5.19. The number of nitrogens with zero attached hydrogens (tertiary/aromatic N) is 1. The van der Waals surface area contributed by atoms with Gasteiger partial charge in [0.15, 0.2) is 0 Å². The molecule has 6 heteroatoms. The number of nitrogens with two attached hydrogens (primary N) is 1. The van der Waals surface area contributed by atoms with E-state index in [-0.39, 0.29) is 18.3 Å². The van der Waals surface area contributed by atoms with Gasteiger partial charge in [0.2, 0.25) is 5.91 Å². The number of rotatable bonds is 8. The van der Waals surface area contributed by atoms with Crippen LogP contribution in [0.2, 0.25) is 0 Å². The molecule has 1 amide bonds. The van der Waals surface area contributed by atoms with Crippen molar-refractivity contribution in [3.63, 3.8) is 0 Å². The first-order valence-corrected chi connectivity index (χ1v) is 9.51. The smallest absolute Gasteiger partial charge is 0.222 e. The summed E-state index contributed by atoms with van der Waals surface area (Å²) in [5.41, 5.74) is 7.23. The molecule has 5 nitrogen and oxygen atoms in total. The molecule has 1 saturated heterocycles. The van der Waals surface area contributed by atoms with E-state index in [9.17, 15) is 4.79 Å². The number of hydrogen-bond acceptors (Lipinski definition) is 4. The largest absolute Gasteiger partial charge is 0.497 e. The Kier molecular flexibility index (Phi) is 8.61. The molecular weight excluding hydrogens is 376 g/mol. The Bertz CT molecular complexity index is 724. The van der Waals surface area contributed by atoms with Gasteiger partial charge in [-0.15, -0.1) is 12.4 Å². The summed E-state index contributed by atoms with van der Waals surface area (Å²) in [5, 5.41) is 0. The molecule has 0 radical (unpaired) electrons. The van der Waals surface area contributed by atoms with E-state index < -0.39 is 0 Å². The van der Waals surface area contributed by atoms with Gasteiger partial charge in [0.1, 0.15) is 11.5 Å². The van der Waals surface area contributed by atoms with Gasteiger partial charge < -0.3 is 20.1 Å². The number of benzene rings is 2. The van der Waals surface area contributed by atoms with Crippen LogP contribution in [0, 0.1) is 5.92 Å². The fourth-order valence-electron chi connectivity index (χ4n) is 3.64. The van der Waals surface area contributed by atoms with Crippen LogP contribution in [0.3, 0.4) is 0 Å². The molecule has 28 heavy (non-hydrogen) atoms. The number of likely N-dealkylation sites (tertiary alicyclic amines) is 1. The predicted molar refractivity (Wildman–Crippen MR) is 113 cm³/mol. The molecule has 0 unspecified atom stereocenters. The number of carbonyl (C=O) groups is 1. The maximum Gasteiger partial charge on any atom is 0.222 e. The fraction of sp³-hybridized carbons (Fsp3) is 0.409. The van der Waals surface area contributed by atoms with E-state index in [2.05, 4.69) is 12.1 Å². The lowest BCUT2D eigenvalue weighted by atomic mass is 9.89. The zero-order valence-corrected chi connectivity index (χ0v) is 17.1. The van der Waals surface area contributed by atoms with Gasteiger partial charge in [-0.05, 0) is 48.7 Å². The molecular formula is C22H29ClN2O3. The van der Waals surface area contributed by atoms with Gasteiger partial charge in [-0.1, -0.05) is 30.3 Å². The standard InChI is InChI=1S/C22H28N2O3.ClH/c1-26-19-9-11-20(12-10-19)27-13-5-8-22(25)24-15-18(14-23)21(16-24)17-6-3-2-4-7-17;/h2-4,6-7,9-12,18,21H,5,8,13-16,23H2,1H3;1H/t18-,21+;/m1./s1. The first kappa shape index (κ1) is 22.1. The molecule has 2 atom stereocenters. The molecule has 2 N–H and O–H groups in total. The summed E-state index contributed by atoms with van der Waals surface area (Å²) in [5.74, 6) is 2.43. The molecule has 1 aliphatic heterocycles. The van der Waals surface area contributed by atoms with Crippen LogP contribution in [0.15, 0.2) is 54.6 Å². The zero-order valence-electron chi connectivity index (χ0n) is 16.3. The monoisotopic (exact) mass is 404 g/mol. The normalized spacial score (nSPS) is 18.4. The highest BCUT2D eigenvalue weighted by molar-refractivity contribution is 5.85. The van der Waals surface area contributed by atoms with Gasteiger partial charge >= 0.3 is 0 Å². The molecule has 0 bridgehead atoms. The molecule has 0 spiro atoms. The number of halogens is 1. The van der Waals surface area contributed by atoms with Crippen molar-refractivity contribution >= 4 is 18.3 Å². The van der Waals surface area contributed by atoms with Crippen molar-refractivity contribution in [2.24, 2.45) is 11.7 Å². The average Bonchev–Trinajstić information content (AvgIpc) is 3.17. The zero-order chi connectivity index (χ0) is 19.1. The molecule has 1 fully saturated rings. The van der Waals surface area contributed by atoms with Crippen LogP contribution in [-0.4, -0.2) is 44.2 Å². The number of methoxy groups -OCH3 is 1. The topological polar surface area (TPSA) is 64.8 Å². The number of carbonyl (C=O) groups excluding carboxylic acids is 1. The summed E-state index contributed by atoms with van der Waals surface area (Å²) in [7, 11) is 1.64. The van der Waals surface area contributed by atoms with Crippen molar-refractivity contribution in [3.8, 4) is 11.5 Å². The van der Waals surface area contributed by atoms with Gasteiger partial charge in [0, 0.05) is 25.4 Å². The highest BCUT2D eigenvalue weighted by Gasteiger charge is 2.34. The maximum absolute atomic E-state index is 12.6. The second kappa shape index (κ2) is 10.9. The van der Waals surface area contributed by atoms with Crippen LogP contribution in [0.5, 0.6) is 11.5 Å². The molecule has 2 aromatic carbocycles. The van der Waals surface area contributed by atoms with Crippen molar-refractivity contribution in [1.82, 2.24) is 4.90 Å². The highest BCUT2D eigenvalue weighted by Crippen LogP contribution is 2.32. The van der Waals surface area contributed by atoms with Crippen LogP contribution in [-0.2, 0) is 4.79 Å². The van der Waals surface area contributed by atoms with Crippen LogP contribution in [0.25, 0.3) is 0 Å². The summed E-state index contributed by atoms with van der Waals surface area (Å²) in [6, 6.07) is 17.8. The van der Waals surface area contributed by atoms with E-state index in [1.807, 2.05) is 47.4 Å². The number of amides is 1. The quantitative estimate of drug-likeness (QED) is 0.684. The molecule has 0 aromatic heterocycles. The first-order valence-electron chi connectivity index (χ1n) is 9.51. The van der Waals surface area contributed by atoms with Crippen molar-refractivity contribution < 1.29 is 14.3 Å². The molecule has 2 aromatic rings. The van der Waals surface area contributed by atoms with Gasteiger partial charge in [0.25, 0.3) is 0 Å². The van der Waals surface area contributed by atoms with E-state index in [4.69, 9.17) is 15.2 Å². The third kappa shape index (κ3) is 5.63. The SMILES string of the molecule is COc1ccc(OCCCC(=O)N2C[C@@H](CN)[C@H](c3ccccc3)C2)cc1.Cl. The summed E-state index contributed by atoms with van der Waals surface area (Å²) >= 11 is 0. The van der Waals surface area contributed by atoms with Crippen LogP contribution in [0.4, 0.5) is 0 Å².